The number of alkyl halides is 3. The first-order valence-corrected chi connectivity index (χ1v) is 3.97. The van der Waals surface area contributed by atoms with Gasteiger partial charge in [-0.05, 0) is 6.42 Å². The second-order valence-corrected chi connectivity index (χ2v) is 2.73. The molecule has 1 atom stereocenters. The zero-order chi connectivity index (χ0) is 10.5. The molecule has 3 nitrogen and oxygen atoms in total. The molecule has 0 spiro atoms. The minimum atomic E-state index is -4.37. The summed E-state index contributed by atoms with van der Waals surface area (Å²) in [5, 5.41) is 1.72. The van der Waals surface area contributed by atoms with Gasteiger partial charge in [0.05, 0.1) is 6.04 Å². The summed E-state index contributed by atoms with van der Waals surface area (Å²) in [7, 11) is 0. The quantitative estimate of drug-likeness (QED) is 0.768. The van der Waals surface area contributed by atoms with Gasteiger partial charge in [0.1, 0.15) is 6.54 Å². The van der Waals surface area contributed by atoms with E-state index >= 15 is 0 Å². The van der Waals surface area contributed by atoms with Crippen molar-refractivity contribution in [1.82, 2.24) is 5.32 Å². The molecule has 0 heterocycles. The van der Waals surface area contributed by atoms with Gasteiger partial charge in [0.25, 0.3) is 0 Å². The van der Waals surface area contributed by atoms with Gasteiger partial charge < -0.3 is 11.1 Å². The lowest BCUT2D eigenvalue weighted by Gasteiger charge is -2.12. The molecule has 3 N–H and O–H groups in total. The van der Waals surface area contributed by atoms with Crippen LogP contribution in [0.25, 0.3) is 0 Å². The van der Waals surface area contributed by atoms with Crippen LogP contribution in [-0.2, 0) is 4.79 Å². The van der Waals surface area contributed by atoms with Crippen LogP contribution in [0.2, 0.25) is 0 Å². The number of hydrogen-bond acceptors (Lipinski definition) is 2. The molecule has 0 aromatic heterocycles. The molecule has 0 aliphatic carbocycles. The average molecular weight is 235 g/mol. The fraction of sp³-hybridized carbons (Fsp3) is 0.857. The highest BCUT2D eigenvalue weighted by Gasteiger charge is 2.28. The fourth-order valence-corrected chi connectivity index (χ4v) is 0.761. The standard InChI is InChI=1S/C7H13F3N2O.ClH/c1-2-3-5(11)6(13)12-4-7(8,9)10;/h5H,2-4,11H2,1H3,(H,12,13);1H/t5-;/m0./s1. The van der Waals surface area contributed by atoms with Crippen molar-refractivity contribution in [2.45, 2.75) is 32.0 Å². The highest BCUT2D eigenvalue weighted by atomic mass is 35.5. The van der Waals surface area contributed by atoms with E-state index in [9.17, 15) is 18.0 Å². The number of carbonyl (C=O) groups is 1. The van der Waals surface area contributed by atoms with Crippen molar-refractivity contribution in [1.29, 1.82) is 0 Å². The van der Waals surface area contributed by atoms with E-state index < -0.39 is 24.7 Å². The van der Waals surface area contributed by atoms with Gasteiger partial charge in [0, 0.05) is 0 Å². The lowest BCUT2D eigenvalue weighted by molar-refractivity contribution is -0.139. The summed E-state index contributed by atoms with van der Waals surface area (Å²) in [5.41, 5.74) is 5.28. The van der Waals surface area contributed by atoms with Crippen molar-refractivity contribution < 1.29 is 18.0 Å². The Bertz CT molecular complexity index is 175. The highest BCUT2D eigenvalue weighted by molar-refractivity contribution is 5.85. The van der Waals surface area contributed by atoms with E-state index in [-0.39, 0.29) is 12.4 Å². The molecule has 0 bridgehead atoms. The minimum Gasteiger partial charge on any atom is -0.346 e. The molecule has 0 saturated heterocycles. The number of nitrogens with two attached hydrogens (primary N) is 1. The van der Waals surface area contributed by atoms with Crippen LogP contribution in [0, 0.1) is 0 Å². The van der Waals surface area contributed by atoms with Gasteiger partial charge >= 0.3 is 6.18 Å². The molecule has 0 unspecified atom stereocenters. The fourth-order valence-electron chi connectivity index (χ4n) is 0.761. The maximum absolute atomic E-state index is 11.6. The lowest BCUT2D eigenvalue weighted by atomic mass is 10.2. The lowest BCUT2D eigenvalue weighted by Crippen LogP contribution is -2.44. The van der Waals surface area contributed by atoms with Gasteiger partial charge in [0.15, 0.2) is 0 Å². The maximum atomic E-state index is 11.6. The first-order valence-electron chi connectivity index (χ1n) is 3.97. The second-order valence-electron chi connectivity index (χ2n) is 2.73. The third kappa shape index (κ3) is 8.12. The van der Waals surface area contributed by atoms with Crippen molar-refractivity contribution >= 4 is 18.3 Å². The van der Waals surface area contributed by atoms with Crippen LogP contribution in [0.5, 0.6) is 0 Å². The predicted octanol–water partition coefficient (Wildman–Crippen LogP) is 1.21. The molecule has 0 radical (unpaired) electrons. The Hall–Kier alpha value is -0.490. The number of hydrogen-bond donors (Lipinski definition) is 2. The van der Waals surface area contributed by atoms with Gasteiger partial charge in [0.2, 0.25) is 5.91 Å². The van der Waals surface area contributed by atoms with E-state index in [0.717, 1.165) is 0 Å². The van der Waals surface area contributed by atoms with E-state index in [0.29, 0.717) is 12.8 Å². The van der Waals surface area contributed by atoms with E-state index in [1.165, 1.54) is 0 Å². The molecule has 0 aromatic rings. The van der Waals surface area contributed by atoms with Crippen LogP contribution < -0.4 is 11.1 Å². The first kappa shape index (κ1) is 16.0. The van der Waals surface area contributed by atoms with E-state index in [1.54, 1.807) is 12.2 Å². The van der Waals surface area contributed by atoms with Gasteiger partial charge in [-0.15, -0.1) is 12.4 Å². The maximum Gasteiger partial charge on any atom is 0.405 e. The van der Waals surface area contributed by atoms with Crippen LogP contribution in [0.4, 0.5) is 13.2 Å². The monoisotopic (exact) mass is 234 g/mol. The molecule has 86 valence electrons. The van der Waals surface area contributed by atoms with Crippen molar-refractivity contribution in [2.75, 3.05) is 6.54 Å². The number of rotatable bonds is 4. The first-order chi connectivity index (χ1) is 5.87. The van der Waals surface area contributed by atoms with Crippen molar-refractivity contribution in [3.8, 4) is 0 Å². The topological polar surface area (TPSA) is 55.1 Å². The largest absolute Gasteiger partial charge is 0.405 e. The molecule has 0 saturated carbocycles. The smallest absolute Gasteiger partial charge is 0.346 e. The van der Waals surface area contributed by atoms with Crippen molar-refractivity contribution in [2.24, 2.45) is 5.73 Å². The van der Waals surface area contributed by atoms with Crippen LogP contribution in [0.1, 0.15) is 19.8 Å². The summed E-state index contributed by atoms with van der Waals surface area (Å²) >= 11 is 0. The van der Waals surface area contributed by atoms with E-state index in [4.69, 9.17) is 5.73 Å². The van der Waals surface area contributed by atoms with Crippen molar-refractivity contribution in [3.05, 3.63) is 0 Å². The molecule has 0 rings (SSSR count). The third-order valence-electron chi connectivity index (χ3n) is 1.40. The molecule has 0 aliphatic heterocycles. The van der Waals surface area contributed by atoms with Gasteiger partial charge in [-0.1, -0.05) is 13.3 Å². The van der Waals surface area contributed by atoms with Crippen LogP contribution in [-0.4, -0.2) is 24.7 Å². The summed E-state index contributed by atoms with van der Waals surface area (Å²) in [6.45, 7) is 0.486. The molecule has 0 fully saturated rings. The summed E-state index contributed by atoms with van der Waals surface area (Å²) in [6, 6.07) is -0.840. The number of halogens is 4. The molecule has 1 amide bonds. The van der Waals surface area contributed by atoms with Crippen LogP contribution in [0.15, 0.2) is 0 Å². The number of carbonyl (C=O) groups excluding carboxylic acids is 1. The summed E-state index contributed by atoms with van der Waals surface area (Å²) < 4.78 is 34.8. The number of amides is 1. The highest BCUT2D eigenvalue weighted by Crippen LogP contribution is 2.12. The molecule has 7 heteroatoms. The van der Waals surface area contributed by atoms with Gasteiger partial charge in [-0.25, -0.2) is 0 Å². The van der Waals surface area contributed by atoms with Crippen LogP contribution >= 0.6 is 12.4 Å². The zero-order valence-corrected chi connectivity index (χ0v) is 8.54. The van der Waals surface area contributed by atoms with Crippen LogP contribution in [0.3, 0.4) is 0 Å². The summed E-state index contributed by atoms with van der Waals surface area (Å²) in [5.74, 6) is -0.751. The van der Waals surface area contributed by atoms with Gasteiger partial charge in [-0.2, -0.15) is 13.2 Å². The second kappa shape index (κ2) is 6.89. The number of nitrogens with one attached hydrogen (secondary N) is 1. The summed E-state index contributed by atoms with van der Waals surface area (Å²) in [4.78, 5) is 10.8. The average Bonchev–Trinajstić information content (AvgIpc) is 1.99. The van der Waals surface area contributed by atoms with E-state index in [2.05, 4.69) is 0 Å². The van der Waals surface area contributed by atoms with Crippen molar-refractivity contribution in [3.63, 3.8) is 0 Å². The minimum absolute atomic E-state index is 0. The molecular weight excluding hydrogens is 221 g/mol. The molecule has 0 aliphatic rings. The Labute approximate surface area is 86.6 Å². The molecular formula is C7H14ClF3N2O. The Morgan fingerprint density at radius 3 is 2.36 bits per heavy atom. The Kier molecular flexibility index (Phi) is 7.85. The Morgan fingerprint density at radius 1 is 1.50 bits per heavy atom. The zero-order valence-electron chi connectivity index (χ0n) is 7.73. The third-order valence-corrected chi connectivity index (χ3v) is 1.40. The molecule has 0 aromatic carbocycles. The SMILES string of the molecule is CCC[C@H](N)C(=O)NCC(F)(F)F.Cl. The predicted molar refractivity (Wildman–Crippen MR) is 49.2 cm³/mol. The molecule has 14 heavy (non-hydrogen) atoms. The normalized spacial score (nSPS) is 12.9. The summed E-state index contributed by atoms with van der Waals surface area (Å²) in [6.07, 6.45) is -3.31. The van der Waals surface area contributed by atoms with Gasteiger partial charge in [-0.3, -0.25) is 4.79 Å². The Balaban J connectivity index is 0. The Morgan fingerprint density at radius 2 is 2.00 bits per heavy atom. The van der Waals surface area contributed by atoms with E-state index in [1.807, 2.05) is 0 Å².